The van der Waals surface area contributed by atoms with E-state index in [4.69, 9.17) is 0 Å². The van der Waals surface area contributed by atoms with E-state index in [0.717, 1.165) is 37.1 Å². The minimum absolute atomic E-state index is 0.0405. The Morgan fingerprint density at radius 1 is 1.04 bits per heavy atom. The summed E-state index contributed by atoms with van der Waals surface area (Å²) >= 11 is 0. The molecule has 2 fully saturated rings. The number of likely N-dealkylation sites (tertiary alicyclic amines) is 1. The number of alkyl halides is 3. The SMILES string of the molecule is O=C1CCCN1C1CCCN(S(=O)(=O)c2ccc(C(F)(F)F)cc2)C1. The van der Waals surface area contributed by atoms with Crippen LogP contribution in [-0.4, -0.2) is 49.2 Å². The Kier molecular flexibility index (Phi) is 4.80. The van der Waals surface area contributed by atoms with E-state index in [1.54, 1.807) is 4.90 Å². The van der Waals surface area contributed by atoms with Crippen LogP contribution in [0.2, 0.25) is 0 Å². The molecule has 0 N–H and O–H groups in total. The van der Waals surface area contributed by atoms with Crippen LogP contribution in [0.5, 0.6) is 0 Å². The van der Waals surface area contributed by atoms with Crippen molar-refractivity contribution in [1.29, 1.82) is 0 Å². The molecule has 1 atom stereocenters. The van der Waals surface area contributed by atoms with Crippen LogP contribution < -0.4 is 0 Å². The number of piperidine rings is 1. The number of sulfonamides is 1. The maximum absolute atomic E-state index is 12.7. The average molecular weight is 376 g/mol. The van der Waals surface area contributed by atoms with Crippen LogP contribution in [-0.2, 0) is 21.0 Å². The van der Waals surface area contributed by atoms with Crippen molar-refractivity contribution < 1.29 is 26.4 Å². The number of amides is 1. The Hall–Kier alpha value is -1.61. The maximum Gasteiger partial charge on any atom is 0.416 e. The fourth-order valence-corrected chi connectivity index (χ4v) is 4.93. The summed E-state index contributed by atoms with van der Waals surface area (Å²) < 4.78 is 64.6. The molecular formula is C16H19F3N2O3S. The maximum atomic E-state index is 12.7. The van der Waals surface area contributed by atoms with Crippen molar-refractivity contribution in [3.8, 4) is 0 Å². The third kappa shape index (κ3) is 3.67. The van der Waals surface area contributed by atoms with E-state index < -0.39 is 21.8 Å². The predicted molar refractivity (Wildman–Crippen MR) is 84.2 cm³/mol. The second-order valence-electron chi connectivity index (χ2n) is 6.37. The number of hydrogen-bond donors (Lipinski definition) is 0. The molecule has 0 aliphatic carbocycles. The summed E-state index contributed by atoms with van der Waals surface area (Å²) in [6.45, 7) is 1.13. The number of carbonyl (C=O) groups excluding carboxylic acids is 1. The van der Waals surface area contributed by atoms with Crippen molar-refractivity contribution in [3.63, 3.8) is 0 Å². The summed E-state index contributed by atoms with van der Waals surface area (Å²) in [6, 6.07) is 3.37. The van der Waals surface area contributed by atoms with Crippen LogP contribution in [0, 0.1) is 0 Å². The molecule has 2 heterocycles. The normalized spacial score (nSPS) is 23.2. The van der Waals surface area contributed by atoms with E-state index >= 15 is 0 Å². The molecule has 0 aromatic heterocycles. The van der Waals surface area contributed by atoms with Gasteiger partial charge in [-0.25, -0.2) is 8.42 Å². The fourth-order valence-electron chi connectivity index (χ4n) is 3.41. The number of nitrogens with zero attached hydrogens (tertiary/aromatic N) is 2. The molecule has 5 nitrogen and oxygen atoms in total. The van der Waals surface area contributed by atoms with Gasteiger partial charge < -0.3 is 4.90 Å². The summed E-state index contributed by atoms with van der Waals surface area (Å²) in [7, 11) is -3.88. The second kappa shape index (κ2) is 6.60. The highest BCUT2D eigenvalue weighted by atomic mass is 32.2. The molecule has 2 aliphatic rings. The summed E-state index contributed by atoms with van der Waals surface area (Å²) in [6.07, 6.45) is -1.88. The first-order chi connectivity index (χ1) is 11.7. The smallest absolute Gasteiger partial charge is 0.338 e. The second-order valence-corrected chi connectivity index (χ2v) is 8.31. The van der Waals surface area contributed by atoms with Gasteiger partial charge in [0.2, 0.25) is 15.9 Å². The molecule has 2 aliphatic heterocycles. The molecule has 1 aromatic rings. The Labute approximate surface area is 144 Å². The molecule has 1 aromatic carbocycles. The van der Waals surface area contributed by atoms with Crippen molar-refractivity contribution >= 4 is 15.9 Å². The summed E-state index contributed by atoms with van der Waals surface area (Å²) in [5.41, 5.74) is -0.884. The standard InChI is InChI=1S/C16H19F3N2O3S/c17-16(18,19)12-5-7-14(8-6-12)25(23,24)20-9-1-3-13(11-20)21-10-2-4-15(21)22/h5-8,13H,1-4,9-11H2. The lowest BCUT2D eigenvalue weighted by Gasteiger charge is -2.36. The summed E-state index contributed by atoms with van der Waals surface area (Å²) in [5.74, 6) is 0.0405. The number of rotatable bonds is 3. The summed E-state index contributed by atoms with van der Waals surface area (Å²) in [4.78, 5) is 13.5. The van der Waals surface area contributed by atoms with E-state index in [-0.39, 0.29) is 23.4 Å². The van der Waals surface area contributed by atoms with E-state index in [1.165, 1.54) is 4.31 Å². The van der Waals surface area contributed by atoms with Crippen LogP contribution in [0.25, 0.3) is 0 Å². The van der Waals surface area contributed by atoms with Gasteiger partial charge in [-0.1, -0.05) is 0 Å². The Morgan fingerprint density at radius 3 is 2.28 bits per heavy atom. The zero-order valence-electron chi connectivity index (χ0n) is 13.5. The largest absolute Gasteiger partial charge is 0.416 e. The lowest BCUT2D eigenvalue weighted by atomic mass is 10.1. The molecule has 25 heavy (non-hydrogen) atoms. The van der Waals surface area contributed by atoms with Gasteiger partial charge in [-0.2, -0.15) is 17.5 Å². The Bertz CT molecular complexity index is 747. The van der Waals surface area contributed by atoms with E-state index in [9.17, 15) is 26.4 Å². The first-order valence-corrected chi connectivity index (χ1v) is 9.60. The molecule has 2 saturated heterocycles. The average Bonchev–Trinajstić information content (AvgIpc) is 3.00. The minimum Gasteiger partial charge on any atom is -0.338 e. The fraction of sp³-hybridized carbons (Fsp3) is 0.562. The summed E-state index contributed by atoms with van der Waals surface area (Å²) in [5, 5.41) is 0. The predicted octanol–water partition coefficient (Wildman–Crippen LogP) is 2.48. The molecule has 138 valence electrons. The molecular weight excluding hydrogens is 357 g/mol. The van der Waals surface area contributed by atoms with Crippen molar-refractivity contribution in [3.05, 3.63) is 29.8 Å². The highest BCUT2D eigenvalue weighted by Crippen LogP contribution is 2.31. The van der Waals surface area contributed by atoms with Crippen molar-refractivity contribution in [2.45, 2.75) is 42.8 Å². The van der Waals surface area contributed by atoms with Crippen LogP contribution in [0.1, 0.15) is 31.2 Å². The van der Waals surface area contributed by atoms with Gasteiger partial charge in [-0.05, 0) is 43.5 Å². The van der Waals surface area contributed by atoms with Gasteiger partial charge in [-0.15, -0.1) is 0 Å². The first kappa shape index (κ1) is 18.2. The lowest BCUT2D eigenvalue weighted by molar-refractivity contribution is -0.137. The molecule has 3 rings (SSSR count). The minimum atomic E-state index is -4.51. The van der Waals surface area contributed by atoms with Gasteiger partial charge in [0.25, 0.3) is 0 Å². The zero-order chi connectivity index (χ0) is 18.2. The van der Waals surface area contributed by atoms with Gasteiger partial charge in [0.15, 0.2) is 0 Å². The lowest BCUT2D eigenvalue weighted by Crippen LogP contribution is -2.50. The molecule has 9 heteroatoms. The van der Waals surface area contributed by atoms with E-state index in [0.29, 0.717) is 25.9 Å². The van der Waals surface area contributed by atoms with Gasteiger partial charge in [-0.3, -0.25) is 4.79 Å². The van der Waals surface area contributed by atoms with E-state index in [1.807, 2.05) is 0 Å². The Morgan fingerprint density at radius 2 is 1.72 bits per heavy atom. The molecule has 1 amide bonds. The number of carbonyl (C=O) groups is 1. The Balaban J connectivity index is 1.78. The number of halogens is 3. The van der Waals surface area contributed by atoms with E-state index in [2.05, 4.69) is 0 Å². The molecule has 0 radical (unpaired) electrons. The van der Waals surface area contributed by atoms with Crippen molar-refractivity contribution in [1.82, 2.24) is 9.21 Å². The zero-order valence-corrected chi connectivity index (χ0v) is 14.3. The topological polar surface area (TPSA) is 57.7 Å². The third-order valence-corrected chi connectivity index (χ3v) is 6.61. The molecule has 0 saturated carbocycles. The molecule has 0 bridgehead atoms. The molecule has 1 unspecified atom stereocenters. The number of hydrogen-bond acceptors (Lipinski definition) is 3. The van der Waals surface area contributed by atoms with Gasteiger partial charge in [0.1, 0.15) is 0 Å². The van der Waals surface area contributed by atoms with Gasteiger partial charge >= 0.3 is 6.18 Å². The van der Waals surface area contributed by atoms with Crippen molar-refractivity contribution in [2.24, 2.45) is 0 Å². The quantitative estimate of drug-likeness (QED) is 0.814. The highest BCUT2D eigenvalue weighted by molar-refractivity contribution is 7.89. The molecule has 0 spiro atoms. The van der Waals surface area contributed by atoms with Gasteiger partial charge in [0, 0.05) is 32.1 Å². The van der Waals surface area contributed by atoms with Crippen LogP contribution >= 0.6 is 0 Å². The monoisotopic (exact) mass is 376 g/mol. The van der Waals surface area contributed by atoms with Crippen LogP contribution in [0.15, 0.2) is 29.2 Å². The van der Waals surface area contributed by atoms with Gasteiger partial charge in [0.05, 0.1) is 10.5 Å². The third-order valence-electron chi connectivity index (χ3n) is 4.73. The van der Waals surface area contributed by atoms with Crippen molar-refractivity contribution in [2.75, 3.05) is 19.6 Å². The number of benzene rings is 1. The first-order valence-electron chi connectivity index (χ1n) is 8.16. The van der Waals surface area contributed by atoms with Crippen LogP contribution in [0.4, 0.5) is 13.2 Å². The van der Waals surface area contributed by atoms with Crippen LogP contribution in [0.3, 0.4) is 0 Å². The highest BCUT2D eigenvalue weighted by Gasteiger charge is 2.36.